The minimum Gasteiger partial charge on any atom is -0.481 e. The van der Waals surface area contributed by atoms with E-state index < -0.39 is 11.9 Å². The van der Waals surface area contributed by atoms with Crippen LogP contribution in [0.15, 0.2) is 30.5 Å². The van der Waals surface area contributed by atoms with Crippen LogP contribution in [0.3, 0.4) is 0 Å². The average Bonchev–Trinajstić information content (AvgIpc) is 2.71. The summed E-state index contributed by atoms with van der Waals surface area (Å²) in [7, 11) is 0. The maximum atomic E-state index is 10.9. The molecule has 1 N–H and O–H groups in total. The highest BCUT2D eigenvalue weighted by molar-refractivity contribution is 5.83. The first kappa shape index (κ1) is 11.7. The summed E-state index contributed by atoms with van der Waals surface area (Å²) in [6.07, 6.45) is 3.15. The summed E-state index contributed by atoms with van der Waals surface area (Å²) in [4.78, 5) is 10.9. The largest absolute Gasteiger partial charge is 0.481 e. The minimum atomic E-state index is -0.780. The summed E-state index contributed by atoms with van der Waals surface area (Å²) >= 11 is 0. The monoisotopic (exact) mass is 231 g/mol. The summed E-state index contributed by atoms with van der Waals surface area (Å²) in [6.45, 7) is 4.86. The number of benzene rings is 1. The van der Waals surface area contributed by atoms with E-state index in [1.54, 1.807) is 6.92 Å². The fraction of sp³-hybridized carbons (Fsp3) is 0.357. The number of carboxylic acid groups (broad SMARTS) is 1. The van der Waals surface area contributed by atoms with Crippen molar-refractivity contribution in [2.45, 2.75) is 32.7 Å². The van der Waals surface area contributed by atoms with Gasteiger partial charge in [0.05, 0.1) is 5.92 Å². The van der Waals surface area contributed by atoms with Gasteiger partial charge in [-0.3, -0.25) is 4.79 Å². The molecule has 1 unspecified atom stereocenters. The molecule has 0 spiro atoms. The lowest BCUT2D eigenvalue weighted by Crippen LogP contribution is -2.07. The zero-order chi connectivity index (χ0) is 12.4. The highest BCUT2D eigenvalue weighted by Crippen LogP contribution is 2.23. The van der Waals surface area contributed by atoms with Crippen LogP contribution in [0.4, 0.5) is 0 Å². The van der Waals surface area contributed by atoms with Gasteiger partial charge in [-0.1, -0.05) is 13.0 Å². The Morgan fingerprint density at radius 3 is 2.82 bits per heavy atom. The molecule has 1 heterocycles. The van der Waals surface area contributed by atoms with Crippen LogP contribution in [-0.2, 0) is 11.3 Å². The number of carboxylic acids is 1. The van der Waals surface area contributed by atoms with Gasteiger partial charge >= 0.3 is 5.97 Å². The molecule has 0 aliphatic carbocycles. The van der Waals surface area contributed by atoms with Gasteiger partial charge in [0.2, 0.25) is 0 Å². The van der Waals surface area contributed by atoms with Gasteiger partial charge in [-0.2, -0.15) is 0 Å². The molecule has 0 saturated carbocycles. The molecule has 1 atom stereocenters. The first-order valence-corrected chi connectivity index (χ1v) is 5.95. The van der Waals surface area contributed by atoms with Crippen molar-refractivity contribution in [3.63, 3.8) is 0 Å². The summed E-state index contributed by atoms with van der Waals surface area (Å²) in [5, 5.41) is 10.1. The van der Waals surface area contributed by atoms with Gasteiger partial charge in [-0.15, -0.1) is 0 Å². The Kier molecular flexibility index (Phi) is 3.18. The van der Waals surface area contributed by atoms with Crippen molar-refractivity contribution >= 4 is 16.9 Å². The van der Waals surface area contributed by atoms with Crippen molar-refractivity contribution in [1.82, 2.24) is 4.57 Å². The van der Waals surface area contributed by atoms with Crippen molar-refractivity contribution in [3.8, 4) is 0 Å². The normalized spacial score (nSPS) is 12.8. The quantitative estimate of drug-likeness (QED) is 0.877. The number of fused-ring (bicyclic) bond motifs is 1. The van der Waals surface area contributed by atoms with Crippen LogP contribution >= 0.6 is 0 Å². The minimum absolute atomic E-state index is 0.450. The number of nitrogens with zero attached hydrogens (tertiary/aromatic N) is 1. The Balaban J connectivity index is 2.42. The number of aryl methyl sites for hydroxylation is 1. The van der Waals surface area contributed by atoms with Gasteiger partial charge < -0.3 is 9.67 Å². The Hall–Kier alpha value is -1.77. The Morgan fingerprint density at radius 2 is 2.18 bits per heavy atom. The van der Waals surface area contributed by atoms with Gasteiger partial charge in [0.25, 0.3) is 0 Å². The molecule has 0 fully saturated rings. The molecule has 2 rings (SSSR count). The van der Waals surface area contributed by atoms with Gasteiger partial charge in [-0.25, -0.2) is 0 Å². The van der Waals surface area contributed by atoms with Crippen molar-refractivity contribution in [2.75, 3.05) is 0 Å². The maximum absolute atomic E-state index is 10.9. The maximum Gasteiger partial charge on any atom is 0.310 e. The van der Waals surface area contributed by atoms with Crippen LogP contribution in [0.25, 0.3) is 10.9 Å². The molecule has 90 valence electrons. The molecule has 1 aromatic carbocycles. The van der Waals surface area contributed by atoms with Gasteiger partial charge in [0.15, 0.2) is 0 Å². The molecule has 0 saturated heterocycles. The zero-order valence-electron chi connectivity index (χ0n) is 10.2. The van der Waals surface area contributed by atoms with Crippen molar-refractivity contribution in [3.05, 3.63) is 36.0 Å². The fourth-order valence-electron chi connectivity index (χ4n) is 2.07. The van der Waals surface area contributed by atoms with E-state index in [1.807, 2.05) is 24.3 Å². The molecule has 0 bridgehead atoms. The fourth-order valence-corrected chi connectivity index (χ4v) is 2.07. The highest BCUT2D eigenvalue weighted by atomic mass is 16.4. The second-order valence-corrected chi connectivity index (χ2v) is 4.39. The number of rotatable bonds is 4. The third-order valence-corrected chi connectivity index (χ3v) is 3.13. The lowest BCUT2D eigenvalue weighted by molar-refractivity contribution is -0.138. The van der Waals surface area contributed by atoms with Crippen LogP contribution in [0, 0.1) is 0 Å². The first-order chi connectivity index (χ1) is 8.13. The summed E-state index contributed by atoms with van der Waals surface area (Å²) in [6, 6.07) is 7.94. The number of hydrogen-bond acceptors (Lipinski definition) is 1. The molecule has 3 heteroatoms. The molecule has 1 aromatic heterocycles. The number of carbonyl (C=O) groups is 1. The van der Waals surface area contributed by atoms with Crippen molar-refractivity contribution < 1.29 is 9.90 Å². The standard InChI is InChI=1S/C14H17NO2/c1-3-7-15-8-6-12-9-11(4-5-13(12)15)10(2)14(16)17/h4-6,8-10H,3,7H2,1-2H3,(H,16,17). The Labute approximate surface area is 101 Å². The second kappa shape index (κ2) is 4.62. The van der Waals surface area contributed by atoms with Gasteiger partial charge in [0.1, 0.15) is 0 Å². The number of aromatic nitrogens is 1. The van der Waals surface area contributed by atoms with E-state index in [0.29, 0.717) is 0 Å². The third-order valence-electron chi connectivity index (χ3n) is 3.13. The van der Waals surface area contributed by atoms with Gasteiger partial charge in [0, 0.05) is 18.3 Å². The van der Waals surface area contributed by atoms with Crippen LogP contribution in [0.1, 0.15) is 31.7 Å². The van der Waals surface area contributed by atoms with E-state index in [2.05, 4.69) is 17.7 Å². The second-order valence-electron chi connectivity index (χ2n) is 4.39. The Morgan fingerprint density at radius 1 is 1.41 bits per heavy atom. The van der Waals surface area contributed by atoms with E-state index in [9.17, 15) is 4.79 Å². The molecule has 17 heavy (non-hydrogen) atoms. The number of aliphatic carboxylic acids is 1. The first-order valence-electron chi connectivity index (χ1n) is 5.95. The SMILES string of the molecule is CCCn1ccc2cc(C(C)C(=O)O)ccc21. The summed E-state index contributed by atoms with van der Waals surface area (Å²) in [5.74, 6) is -1.23. The molecule has 0 amide bonds. The lowest BCUT2D eigenvalue weighted by atomic mass is 10.0. The molecular weight excluding hydrogens is 214 g/mol. The Bertz CT molecular complexity index is 542. The molecule has 0 aliphatic rings. The molecular formula is C14H17NO2. The van der Waals surface area contributed by atoms with Crippen LogP contribution in [0.2, 0.25) is 0 Å². The van der Waals surface area contributed by atoms with Crippen molar-refractivity contribution in [1.29, 1.82) is 0 Å². The van der Waals surface area contributed by atoms with E-state index in [0.717, 1.165) is 23.9 Å². The third kappa shape index (κ3) is 2.18. The highest BCUT2D eigenvalue weighted by Gasteiger charge is 2.14. The zero-order valence-corrected chi connectivity index (χ0v) is 10.2. The molecule has 2 aromatic rings. The average molecular weight is 231 g/mol. The molecule has 0 radical (unpaired) electrons. The number of hydrogen-bond donors (Lipinski definition) is 1. The van der Waals surface area contributed by atoms with E-state index >= 15 is 0 Å². The smallest absolute Gasteiger partial charge is 0.310 e. The predicted molar refractivity (Wildman–Crippen MR) is 68.3 cm³/mol. The van der Waals surface area contributed by atoms with E-state index in [4.69, 9.17) is 5.11 Å². The molecule has 3 nitrogen and oxygen atoms in total. The molecule has 0 aliphatic heterocycles. The van der Waals surface area contributed by atoms with Crippen LogP contribution < -0.4 is 0 Å². The predicted octanol–water partition coefficient (Wildman–Crippen LogP) is 3.24. The van der Waals surface area contributed by atoms with Crippen molar-refractivity contribution in [2.24, 2.45) is 0 Å². The topological polar surface area (TPSA) is 42.2 Å². The van der Waals surface area contributed by atoms with Gasteiger partial charge in [-0.05, 0) is 42.5 Å². The van der Waals surface area contributed by atoms with Crippen LogP contribution in [0.5, 0.6) is 0 Å². The summed E-state index contributed by atoms with van der Waals surface area (Å²) in [5.41, 5.74) is 2.03. The summed E-state index contributed by atoms with van der Waals surface area (Å²) < 4.78 is 2.20. The van der Waals surface area contributed by atoms with E-state index in [-0.39, 0.29) is 0 Å². The van der Waals surface area contributed by atoms with Crippen LogP contribution in [-0.4, -0.2) is 15.6 Å². The van der Waals surface area contributed by atoms with E-state index in [1.165, 1.54) is 5.52 Å². The lowest BCUT2D eigenvalue weighted by Gasteiger charge is -2.08.